The summed E-state index contributed by atoms with van der Waals surface area (Å²) in [4.78, 5) is 24.0. The molecule has 1 aromatic heterocycles. The third-order valence-electron chi connectivity index (χ3n) is 1.63. The Morgan fingerprint density at radius 2 is 2.33 bits per heavy atom. The zero-order chi connectivity index (χ0) is 11.3. The summed E-state index contributed by atoms with van der Waals surface area (Å²) in [6.45, 7) is 2.03. The van der Waals surface area contributed by atoms with E-state index in [9.17, 15) is 9.59 Å². The highest BCUT2D eigenvalue weighted by atomic mass is 16.5. The fourth-order valence-corrected chi connectivity index (χ4v) is 0.985. The minimum Gasteiger partial charge on any atom is -0.477 e. The molecule has 15 heavy (non-hydrogen) atoms. The van der Waals surface area contributed by atoms with Crippen molar-refractivity contribution < 1.29 is 19.4 Å². The number of hydrogen-bond donors (Lipinski definition) is 2. The van der Waals surface area contributed by atoms with Crippen molar-refractivity contribution in [3.8, 4) is 0 Å². The van der Waals surface area contributed by atoms with E-state index < -0.39 is 11.9 Å². The maximum Gasteiger partial charge on any atom is 0.352 e. The molecule has 5 nitrogen and oxygen atoms in total. The van der Waals surface area contributed by atoms with Gasteiger partial charge in [-0.2, -0.15) is 0 Å². The van der Waals surface area contributed by atoms with Crippen molar-refractivity contribution in [3.63, 3.8) is 0 Å². The van der Waals surface area contributed by atoms with Crippen LogP contribution in [0.1, 0.15) is 23.0 Å². The number of ether oxygens (including phenoxy) is 1. The second-order valence-electron chi connectivity index (χ2n) is 2.74. The first-order chi connectivity index (χ1) is 7.13. The molecular formula is C10H11NO4. The molecule has 1 rings (SSSR count). The van der Waals surface area contributed by atoms with Gasteiger partial charge in [0.25, 0.3) is 0 Å². The van der Waals surface area contributed by atoms with Gasteiger partial charge < -0.3 is 14.8 Å². The number of carbonyl (C=O) groups is 2. The minimum absolute atomic E-state index is 0.0820. The zero-order valence-corrected chi connectivity index (χ0v) is 8.19. The fraction of sp³-hybridized carbons (Fsp3) is 0.200. The Morgan fingerprint density at radius 1 is 1.60 bits per heavy atom. The van der Waals surface area contributed by atoms with E-state index in [4.69, 9.17) is 5.11 Å². The van der Waals surface area contributed by atoms with Gasteiger partial charge in [0.1, 0.15) is 5.69 Å². The Labute approximate surface area is 86.4 Å². The predicted molar refractivity (Wildman–Crippen MR) is 53.4 cm³/mol. The van der Waals surface area contributed by atoms with Crippen LogP contribution in [0.15, 0.2) is 18.3 Å². The number of carboxylic acid groups (broad SMARTS) is 1. The third kappa shape index (κ3) is 3.30. The highest BCUT2D eigenvalue weighted by Crippen LogP contribution is 2.05. The van der Waals surface area contributed by atoms with E-state index in [0.29, 0.717) is 12.2 Å². The molecule has 0 aliphatic heterocycles. The molecule has 0 atom stereocenters. The first kappa shape index (κ1) is 11.0. The SMILES string of the molecule is CCOC(=O)C=Cc1c[nH]c(C(=O)O)c1. The molecular weight excluding hydrogens is 198 g/mol. The monoisotopic (exact) mass is 209 g/mol. The topological polar surface area (TPSA) is 79.4 Å². The van der Waals surface area contributed by atoms with Gasteiger partial charge >= 0.3 is 11.9 Å². The molecule has 2 N–H and O–H groups in total. The van der Waals surface area contributed by atoms with Gasteiger partial charge in [0, 0.05) is 12.3 Å². The van der Waals surface area contributed by atoms with E-state index in [-0.39, 0.29) is 5.69 Å². The molecule has 1 aromatic rings. The molecule has 0 amide bonds. The minimum atomic E-state index is -1.04. The van der Waals surface area contributed by atoms with Gasteiger partial charge in [-0.25, -0.2) is 9.59 Å². The molecule has 0 saturated carbocycles. The lowest BCUT2D eigenvalue weighted by Crippen LogP contribution is -1.98. The van der Waals surface area contributed by atoms with Crippen LogP contribution in [0.5, 0.6) is 0 Å². The second kappa shape index (κ2) is 4.99. The highest BCUT2D eigenvalue weighted by molar-refractivity contribution is 5.89. The first-order valence-electron chi connectivity index (χ1n) is 4.40. The number of rotatable bonds is 4. The smallest absolute Gasteiger partial charge is 0.352 e. The number of aromatic nitrogens is 1. The van der Waals surface area contributed by atoms with Crippen molar-refractivity contribution in [2.45, 2.75) is 6.92 Å². The summed E-state index contributed by atoms with van der Waals surface area (Å²) < 4.78 is 4.67. The molecule has 0 bridgehead atoms. The summed E-state index contributed by atoms with van der Waals surface area (Å²) >= 11 is 0. The summed E-state index contributed by atoms with van der Waals surface area (Å²) in [6.07, 6.45) is 4.23. The van der Waals surface area contributed by atoms with E-state index in [1.165, 1.54) is 24.4 Å². The van der Waals surface area contributed by atoms with Gasteiger partial charge in [-0.3, -0.25) is 0 Å². The Kier molecular flexibility index (Phi) is 3.68. The molecule has 0 saturated heterocycles. The van der Waals surface area contributed by atoms with Gasteiger partial charge in [-0.05, 0) is 24.6 Å². The van der Waals surface area contributed by atoms with Gasteiger partial charge in [0.05, 0.1) is 6.61 Å². The van der Waals surface area contributed by atoms with E-state index >= 15 is 0 Å². The van der Waals surface area contributed by atoms with Crippen LogP contribution in [0.25, 0.3) is 6.08 Å². The number of hydrogen-bond acceptors (Lipinski definition) is 3. The number of aromatic carboxylic acids is 1. The first-order valence-corrected chi connectivity index (χ1v) is 4.40. The van der Waals surface area contributed by atoms with E-state index in [0.717, 1.165) is 0 Å². The van der Waals surface area contributed by atoms with E-state index in [1.807, 2.05) is 0 Å². The lowest BCUT2D eigenvalue weighted by molar-refractivity contribution is -0.137. The lowest BCUT2D eigenvalue weighted by Gasteiger charge is -1.93. The fourth-order valence-electron chi connectivity index (χ4n) is 0.985. The van der Waals surface area contributed by atoms with Crippen LogP contribution in [0.3, 0.4) is 0 Å². The molecule has 0 aliphatic rings. The van der Waals surface area contributed by atoms with Crippen molar-refractivity contribution in [1.29, 1.82) is 0 Å². The Hall–Kier alpha value is -2.04. The van der Waals surface area contributed by atoms with Crippen LogP contribution in [0, 0.1) is 0 Å². The van der Waals surface area contributed by atoms with Crippen LogP contribution in [0.4, 0.5) is 0 Å². The maximum absolute atomic E-state index is 10.9. The van der Waals surface area contributed by atoms with Gasteiger partial charge in [0.15, 0.2) is 0 Å². The summed E-state index contributed by atoms with van der Waals surface area (Å²) in [5.74, 6) is -1.48. The lowest BCUT2D eigenvalue weighted by atomic mass is 10.3. The number of carboxylic acids is 1. The Balaban J connectivity index is 2.64. The van der Waals surface area contributed by atoms with Crippen molar-refractivity contribution in [2.24, 2.45) is 0 Å². The molecule has 80 valence electrons. The van der Waals surface area contributed by atoms with Crippen LogP contribution in [-0.2, 0) is 9.53 Å². The standard InChI is InChI=1S/C10H11NO4/c1-2-15-9(12)4-3-7-5-8(10(13)14)11-6-7/h3-6,11H,2H2,1H3,(H,13,14). The normalized spacial score (nSPS) is 10.5. The molecule has 1 heterocycles. The molecule has 5 heteroatoms. The van der Waals surface area contributed by atoms with Gasteiger partial charge in [-0.15, -0.1) is 0 Å². The molecule has 0 fully saturated rings. The Bertz CT molecular complexity index is 392. The van der Waals surface area contributed by atoms with Crippen molar-refractivity contribution in [2.75, 3.05) is 6.61 Å². The average Bonchev–Trinajstić information content (AvgIpc) is 2.63. The number of nitrogens with one attached hydrogen (secondary N) is 1. The van der Waals surface area contributed by atoms with Crippen molar-refractivity contribution >= 4 is 18.0 Å². The Morgan fingerprint density at radius 3 is 2.87 bits per heavy atom. The second-order valence-corrected chi connectivity index (χ2v) is 2.74. The largest absolute Gasteiger partial charge is 0.477 e. The van der Waals surface area contributed by atoms with Gasteiger partial charge in [0.2, 0.25) is 0 Å². The number of esters is 1. The maximum atomic E-state index is 10.9. The summed E-state index contributed by atoms with van der Waals surface area (Å²) in [7, 11) is 0. The molecule has 0 spiro atoms. The quantitative estimate of drug-likeness (QED) is 0.578. The number of aromatic amines is 1. The predicted octanol–water partition coefficient (Wildman–Crippen LogP) is 1.29. The summed E-state index contributed by atoms with van der Waals surface area (Å²) in [6, 6.07) is 1.43. The van der Waals surface area contributed by atoms with Crippen LogP contribution in [-0.4, -0.2) is 28.6 Å². The third-order valence-corrected chi connectivity index (χ3v) is 1.63. The van der Waals surface area contributed by atoms with E-state index in [2.05, 4.69) is 9.72 Å². The van der Waals surface area contributed by atoms with E-state index in [1.54, 1.807) is 6.92 Å². The highest BCUT2D eigenvalue weighted by Gasteiger charge is 2.04. The average molecular weight is 209 g/mol. The zero-order valence-electron chi connectivity index (χ0n) is 8.19. The molecule has 0 unspecified atom stereocenters. The number of carbonyl (C=O) groups excluding carboxylic acids is 1. The molecule has 0 aliphatic carbocycles. The summed E-state index contributed by atoms with van der Waals surface area (Å²) in [5.41, 5.74) is 0.693. The number of H-pyrrole nitrogens is 1. The summed E-state index contributed by atoms with van der Waals surface area (Å²) in [5, 5.41) is 8.61. The van der Waals surface area contributed by atoms with Crippen molar-refractivity contribution in [3.05, 3.63) is 29.6 Å². The van der Waals surface area contributed by atoms with Crippen molar-refractivity contribution in [1.82, 2.24) is 4.98 Å². The van der Waals surface area contributed by atoms with Gasteiger partial charge in [-0.1, -0.05) is 0 Å². The molecule has 0 aromatic carbocycles. The van der Waals surface area contributed by atoms with Crippen LogP contribution >= 0.6 is 0 Å². The van der Waals surface area contributed by atoms with Crippen LogP contribution in [0.2, 0.25) is 0 Å². The van der Waals surface area contributed by atoms with Crippen LogP contribution < -0.4 is 0 Å². The molecule has 0 radical (unpaired) electrons.